The number of hydrogen-bond acceptors (Lipinski definition) is 1. The summed E-state index contributed by atoms with van der Waals surface area (Å²) in [5.74, 6) is 0. The summed E-state index contributed by atoms with van der Waals surface area (Å²) in [6, 6.07) is 9.90. The lowest BCUT2D eigenvalue weighted by molar-refractivity contribution is 1.43. The van der Waals surface area contributed by atoms with Crippen molar-refractivity contribution in [3.8, 4) is 0 Å². The second kappa shape index (κ2) is 4.31. The van der Waals surface area contributed by atoms with Crippen molar-refractivity contribution in [2.45, 2.75) is 0 Å². The molecule has 0 heterocycles. The third-order valence-electron chi connectivity index (χ3n) is 1.72. The Morgan fingerprint density at radius 2 is 1.85 bits per heavy atom. The second-order valence-electron chi connectivity index (χ2n) is 2.74. The molecule has 0 aliphatic heterocycles. The molecule has 0 unspecified atom stereocenters. The molecule has 66 valence electrons. The van der Waals surface area contributed by atoms with Crippen LogP contribution < -0.4 is 5.73 Å². The molecule has 13 heavy (non-hydrogen) atoms. The average Bonchev–Trinajstić information content (AvgIpc) is 2.19. The highest BCUT2D eigenvalue weighted by molar-refractivity contribution is 5.72. The van der Waals surface area contributed by atoms with Gasteiger partial charge < -0.3 is 5.73 Å². The van der Waals surface area contributed by atoms with E-state index < -0.39 is 0 Å². The third-order valence-corrected chi connectivity index (χ3v) is 1.72. The minimum atomic E-state index is 0.633. The maximum atomic E-state index is 5.59. The lowest BCUT2D eigenvalue weighted by atomic mass is 10.1. The molecule has 0 spiro atoms. The Morgan fingerprint density at radius 1 is 1.23 bits per heavy atom. The van der Waals surface area contributed by atoms with Crippen LogP contribution in [0.25, 0.3) is 5.57 Å². The lowest BCUT2D eigenvalue weighted by Crippen LogP contribution is -1.92. The van der Waals surface area contributed by atoms with E-state index in [9.17, 15) is 0 Å². The van der Waals surface area contributed by atoms with E-state index in [2.05, 4.69) is 13.2 Å². The molecule has 1 aromatic rings. The van der Waals surface area contributed by atoms with Gasteiger partial charge in [0.1, 0.15) is 0 Å². The summed E-state index contributed by atoms with van der Waals surface area (Å²) in [6.07, 6.45) is 3.41. The van der Waals surface area contributed by atoms with Crippen LogP contribution in [0.3, 0.4) is 0 Å². The predicted molar refractivity (Wildman–Crippen MR) is 57.9 cm³/mol. The van der Waals surface area contributed by atoms with Crippen molar-refractivity contribution in [2.75, 3.05) is 0 Å². The molecule has 0 amide bonds. The first-order valence-corrected chi connectivity index (χ1v) is 4.08. The Balaban J connectivity index is 2.87. The Kier molecular flexibility index (Phi) is 3.09. The Bertz CT molecular complexity index is 333. The normalized spacial score (nSPS) is 10.9. The molecule has 0 aliphatic carbocycles. The monoisotopic (exact) mass is 171 g/mol. The highest BCUT2D eigenvalue weighted by atomic mass is 14.5. The molecule has 1 nitrogen and oxygen atoms in total. The quantitative estimate of drug-likeness (QED) is 0.695. The molecule has 0 atom stereocenters. The van der Waals surface area contributed by atoms with Gasteiger partial charge in [-0.2, -0.15) is 0 Å². The number of rotatable bonds is 3. The fourth-order valence-electron chi connectivity index (χ4n) is 0.996. The van der Waals surface area contributed by atoms with Crippen LogP contribution in [0, 0.1) is 0 Å². The van der Waals surface area contributed by atoms with Crippen LogP contribution in [0.1, 0.15) is 5.56 Å². The van der Waals surface area contributed by atoms with Gasteiger partial charge in [0.05, 0.1) is 0 Å². The molecule has 0 aliphatic rings. The van der Waals surface area contributed by atoms with E-state index in [4.69, 9.17) is 5.73 Å². The highest BCUT2D eigenvalue weighted by Crippen LogP contribution is 2.13. The van der Waals surface area contributed by atoms with Crippen LogP contribution in [0.4, 0.5) is 0 Å². The summed E-state index contributed by atoms with van der Waals surface area (Å²) >= 11 is 0. The van der Waals surface area contributed by atoms with Gasteiger partial charge in [-0.3, -0.25) is 0 Å². The van der Waals surface area contributed by atoms with Crippen molar-refractivity contribution in [2.24, 2.45) is 5.73 Å². The van der Waals surface area contributed by atoms with Gasteiger partial charge in [0.25, 0.3) is 0 Å². The molecule has 0 radical (unpaired) electrons. The average molecular weight is 171 g/mol. The van der Waals surface area contributed by atoms with Gasteiger partial charge >= 0.3 is 0 Å². The summed E-state index contributed by atoms with van der Waals surface area (Å²) < 4.78 is 0. The molecule has 0 bridgehead atoms. The van der Waals surface area contributed by atoms with Gasteiger partial charge in [-0.1, -0.05) is 43.5 Å². The SMILES string of the molecule is C=C/C(N)=C\C(=C)c1ccccc1. The fraction of sp³-hybridized carbons (Fsp3) is 0. The van der Waals surface area contributed by atoms with E-state index in [1.807, 2.05) is 36.4 Å². The van der Waals surface area contributed by atoms with Crippen molar-refractivity contribution in [3.63, 3.8) is 0 Å². The Labute approximate surface area is 78.9 Å². The molecule has 1 heteroatoms. The Morgan fingerprint density at radius 3 is 2.38 bits per heavy atom. The molecule has 0 saturated heterocycles. The topological polar surface area (TPSA) is 26.0 Å². The molecule has 0 fully saturated rings. The molecular formula is C12H13N. The van der Waals surface area contributed by atoms with Crippen molar-refractivity contribution in [3.05, 3.63) is 66.9 Å². The van der Waals surface area contributed by atoms with Crippen LogP contribution in [0.2, 0.25) is 0 Å². The minimum Gasteiger partial charge on any atom is -0.399 e. The summed E-state index contributed by atoms with van der Waals surface area (Å²) in [7, 11) is 0. The van der Waals surface area contributed by atoms with Gasteiger partial charge in [0.2, 0.25) is 0 Å². The zero-order valence-corrected chi connectivity index (χ0v) is 7.53. The summed E-state index contributed by atoms with van der Waals surface area (Å²) in [6.45, 7) is 7.48. The molecule has 1 aromatic carbocycles. The number of benzene rings is 1. The van der Waals surface area contributed by atoms with Crippen molar-refractivity contribution >= 4 is 5.57 Å². The predicted octanol–water partition coefficient (Wildman–Crippen LogP) is 2.73. The maximum absolute atomic E-state index is 5.59. The summed E-state index contributed by atoms with van der Waals surface area (Å²) in [5.41, 5.74) is 8.20. The van der Waals surface area contributed by atoms with Gasteiger partial charge in [-0.15, -0.1) is 0 Å². The standard InChI is InChI=1S/C12H13N/c1-3-12(13)9-10(2)11-7-5-4-6-8-11/h3-9H,1-2,13H2/b12-9+. The van der Waals surface area contributed by atoms with Crippen LogP contribution in [0.5, 0.6) is 0 Å². The van der Waals surface area contributed by atoms with Gasteiger partial charge in [-0.05, 0) is 23.3 Å². The zero-order valence-electron chi connectivity index (χ0n) is 7.53. The van der Waals surface area contributed by atoms with E-state index in [0.717, 1.165) is 11.1 Å². The van der Waals surface area contributed by atoms with Crippen LogP contribution in [-0.2, 0) is 0 Å². The largest absolute Gasteiger partial charge is 0.399 e. The molecular weight excluding hydrogens is 158 g/mol. The van der Waals surface area contributed by atoms with Crippen molar-refractivity contribution in [1.82, 2.24) is 0 Å². The third kappa shape index (κ3) is 2.64. The van der Waals surface area contributed by atoms with E-state index in [0.29, 0.717) is 5.70 Å². The first-order chi connectivity index (χ1) is 6.24. The minimum absolute atomic E-state index is 0.633. The second-order valence-corrected chi connectivity index (χ2v) is 2.74. The van der Waals surface area contributed by atoms with Crippen molar-refractivity contribution < 1.29 is 0 Å². The maximum Gasteiger partial charge on any atom is 0.0314 e. The highest BCUT2D eigenvalue weighted by Gasteiger charge is 1.93. The van der Waals surface area contributed by atoms with Crippen molar-refractivity contribution in [1.29, 1.82) is 0 Å². The first kappa shape index (κ1) is 9.33. The number of hydrogen-bond donors (Lipinski definition) is 1. The van der Waals surface area contributed by atoms with E-state index in [1.54, 1.807) is 6.08 Å². The molecule has 0 saturated carbocycles. The fourth-order valence-corrected chi connectivity index (χ4v) is 0.996. The van der Waals surface area contributed by atoms with E-state index in [1.165, 1.54) is 0 Å². The van der Waals surface area contributed by atoms with Gasteiger partial charge in [0, 0.05) is 5.70 Å². The molecule has 0 aromatic heterocycles. The van der Waals surface area contributed by atoms with E-state index in [-0.39, 0.29) is 0 Å². The zero-order chi connectivity index (χ0) is 9.68. The van der Waals surface area contributed by atoms with Crippen LogP contribution >= 0.6 is 0 Å². The van der Waals surface area contributed by atoms with Crippen LogP contribution in [0.15, 0.2) is 61.3 Å². The van der Waals surface area contributed by atoms with Crippen LogP contribution in [-0.4, -0.2) is 0 Å². The lowest BCUT2D eigenvalue weighted by Gasteiger charge is -2.00. The van der Waals surface area contributed by atoms with E-state index >= 15 is 0 Å². The Hall–Kier alpha value is -1.76. The van der Waals surface area contributed by atoms with Gasteiger partial charge in [-0.25, -0.2) is 0 Å². The summed E-state index contributed by atoms with van der Waals surface area (Å²) in [5, 5.41) is 0. The summed E-state index contributed by atoms with van der Waals surface area (Å²) in [4.78, 5) is 0. The molecule has 1 rings (SSSR count). The van der Waals surface area contributed by atoms with Gasteiger partial charge in [0.15, 0.2) is 0 Å². The number of allylic oxidation sites excluding steroid dienone is 3. The first-order valence-electron chi connectivity index (χ1n) is 4.08. The molecule has 2 N–H and O–H groups in total. The smallest absolute Gasteiger partial charge is 0.0314 e. The number of nitrogens with two attached hydrogens (primary N) is 1.